The maximum Gasteiger partial charge on any atom is 0.316 e. The van der Waals surface area contributed by atoms with Crippen molar-refractivity contribution in [3.05, 3.63) is 0 Å². The molecule has 0 saturated carbocycles. The van der Waals surface area contributed by atoms with Crippen molar-refractivity contribution in [1.82, 2.24) is 0 Å². The number of hydrogen-bond acceptors (Lipinski definition) is 2. The third-order valence-corrected chi connectivity index (χ3v) is 5.56. The summed E-state index contributed by atoms with van der Waals surface area (Å²) in [7, 11) is -2.79. The van der Waals surface area contributed by atoms with Gasteiger partial charge in [0.15, 0.2) is 0 Å². The summed E-state index contributed by atoms with van der Waals surface area (Å²) in [5.74, 6) is 0. The van der Waals surface area contributed by atoms with Crippen molar-refractivity contribution in [3.63, 3.8) is 0 Å². The first-order valence-corrected chi connectivity index (χ1v) is 12.4. The van der Waals surface area contributed by atoms with E-state index in [0.29, 0.717) is 0 Å². The second-order valence-electron chi connectivity index (χ2n) is 7.53. The monoisotopic (exact) mass is 376 g/mol. The van der Waals surface area contributed by atoms with E-state index >= 15 is 0 Å². The van der Waals surface area contributed by atoms with Gasteiger partial charge in [-0.2, -0.15) is 0 Å². The summed E-state index contributed by atoms with van der Waals surface area (Å²) in [5.41, 5.74) is 0. The highest BCUT2D eigenvalue weighted by Gasteiger charge is 2.11. The van der Waals surface area contributed by atoms with Crippen molar-refractivity contribution < 1.29 is 14.0 Å². The minimum absolute atomic E-state index is 0.00403. The average Bonchev–Trinajstić information content (AvgIpc) is 2.58. The lowest BCUT2D eigenvalue weighted by Crippen LogP contribution is -2.09. The molecule has 0 aliphatic carbocycles. The van der Waals surface area contributed by atoms with Gasteiger partial charge in [-0.1, -0.05) is 117 Å². The highest BCUT2D eigenvalue weighted by atomic mass is 31.1. The molecule has 0 radical (unpaired) electrons. The molecule has 0 fully saturated rings. The fraction of sp³-hybridized carbons (Fsp3) is 1.00. The molecule has 0 heterocycles. The summed E-state index contributed by atoms with van der Waals surface area (Å²) >= 11 is 0. The predicted octanol–water partition coefficient (Wildman–Crippen LogP) is 7.82. The SMILES string of the molecule is CCCCCCCCCCCCCCCC(CCCCC)O[PH](=O)O. The molecule has 0 aliphatic heterocycles. The van der Waals surface area contributed by atoms with Crippen LogP contribution in [0.15, 0.2) is 0 Å². The molecule has 0 bridgehead atoms. The molecule has 152 valence electrons. The molecule has 0 saturated heterocycles. The number of hydrogen-bond donors (Lipinski definition) is 1. The van der Waals surface area contributed by atoms with Crippen LogP contribution in [0, 0.1) is 0 Å². The lowest BCUT2D eigenvalue weighted by atomic mass is 10.0. The van der Waals surface area contributed by atoms with E-state index in [4.69, 9.17) is 9.42 Å². The molecule has 2 atom stereocenters. The molecule has 25 heavy (non-hydrogen) atoms. The van der Waals surface area contributed by atoms with E-state index in [-0.39, 0.29) is 6.10 Å². The van der Waals surface area contributed by atoms with Gasteiger partial charge in [0.25, 0.3) is 0 Å². The summed E-state index contributed by atoms with van der Waals surface area (Å²) in [6.45, 7) is 4.45. The molecule has 0 rings (SSSR count). The molecule has 3 nitrogen and oxygen atoms in total. The van der Waals surface area contributed by atoms with Crippen LogP contribution < -0.4 is 0 Å². The first-order chi connectivity index (χ1) is 12.2. The van der Waals surface area contributed by atoms with Crippen LogP contribution in [0.2, 0.25) is 0 Å². The Balaban J connectivity index is 3.39. The normalized spacial score (nSPS) is 13.9. The van der Waals surface area contributed by atoms with Crippen molar-refractivity contribution in [2.75, 3.05) is 0 Å². The zero-order valence-corrected chi connectivity index (χ0v) is 18.1. The van der Waals surface area contributed by atoms with Gasteiger partial charge in [-0.25, -0.2) is 0 Å². The van der Waals surface area contributed by atoms with Crippen LogP contribution in [0.4, 0.5) is 0 Å². The van der Waals surface area contributed by atoms with Gasteiger partial charge in [0, 0.05) is 0 Å². The van der Waals surface area contributed by atoms with Gasteiger partial charge in [0.1, 0.15) is 0 Å². The van der Waals surface area contributed by atoms with E-state index in [1.807, 2.05) is 0 Å². The topological polar surface area (TPSA) is 46.5 Å². The van der Waals surface area contributed by atoms with Crippen molar-refractivity contribution in [1.29, 1.82) is 0 Å². The van der Waals surface area contributed by atoms with Crippen molar-refractivity contribution in [3.8, 4) is 0 Å². The van der Waals surface area contributed by atoms with Crippen LogP contribution in [0.3, 0.4) is 0 Å². The Morgan fingerprint density at radius 3 is 1.36 bits per heavy atom. The summed E-state index contributed by atoms with van der Waals surface area (Å²) in [4.78, 5) is 9.01. The molecule has 1 N–H and O–H groups in total. The minimum atomic E-state index is -2.79. The Kier molecular flexibility index (Phi) is 20.6. The Morgan fingerprint density at radius 2 is 0.960 bits per heavy atom. The Labute approximate surface area is 158 Å². The summed E-state index contributed by atoms with van der Waals surface area (Å²) in [5, 5.41) is 0. The van der Waals surface area contributed by atoms with Gasteiger partial charge in [0.2, 0.25) is 0 Å². The zero-order valence-electron chi connectivity index (χ0n) is 17.1. The Hall–Kier alpha value is 0.150. The third-order valence-electron chi connectivity index (χ3n) is 5.03. The van der Waals surface area contributed by atoms with E-state index < -0.39 is 8.25 Å². The minimum Gasteiger partial charge on any atom is -0.326 e. The summed E-state index contributed by atoms with van der Waals surface area (Å²) in [6.07, 6.45) is 22.9. The van der Waals surface area contributed by atoms with Gasteiger partial charge in [0.05, 0.1) is 6.10 Å². The van der Waals surface area contributed by atoms with Crippen LogP contribution in [0.5, 0.6) is 0 Å². The van der Waals surface area contributed by atoms with Gasteiger partial charge < -0.3 is 9.42 Å². The van der Waals surface area contributed by atoms with E-state index in [2.05, 4.69) is 13.8 Å². The van der Waals surface area contributed by atoms with E-state index in [1.165, 1.54) is 89.9 Å². The van der Waals surface area contributed by atoms with Crippen molar-refractivity contribution in [2.45, 2.75) is 136 Å². The third kappa shape index (κ3) is 20.3. The molecule has 0 aromatic rings. The molecule has 0 spiro atoms. The van der Waals surface area contributed by atoms with Gasteiger partial charge in [-0.3, -0.25) is 4.57 Å². The molecule has 2 unspecified atom stereocenters. The summed E-state index contributed by atoms with van der Waals surface area (Å²) in [6, 6.07) is 0. The predicted molar refractivity (Wildman–Crippen MR) is 111 cm³/mol. The molecule has 4 heteroatoms. The maximum atomic E-state index is 10.9. The van der Waals surface area contributed by atoms with Crippen molar-refractivity contribution in [2.24, 2.45) is 0 Å². The van der Waals surface area contributed by atoms with Crippen LogP contribution in [0.1, 0.15) is 129 Å². The van der Waals surface area contributed by atoms with Crippen LogP contribution >= 0.6 is 8.25 Å². The zero-order chi connectivity index (χ0) is 18.6. The van der Waals surface area contributed by atoms with E-state index in [0.717, 1.165) is 25.7 Å². The second kappa shape index (κ2) is 20.5. The van der Waals surface area contributed by atoms with Gasteiger partial charge in [-0.05, 0) is 12.8 Å². The average molecular weight is 377 g/mol. The highest BCUT2D eigenvalue weighted by Crippen LogP contribution is 2.25. The first-order valence-electron chi connectivity index (χ1n) is 11.1. The first kappa shape index (κ1) is 25.1. The quantitative estimate of drug-likeness (QED) is 0.174. The molecular weight excluding hydrogens is 331 g/mol. The number of unbranched alkanes of at least 4 members (excludes halogenated alkanes) is 14. The van der Waals surface area contributed by atoms with Gasteiger partial charge in [-0.15, -0.1) is 0 Å². The molecule has 0 aliphatic rings. The standard InChI is InChI=1S/C21H45O3P/c1-3-5-7-8-9-10-11-12-13-14-15-16-18-20-21(24-25(22)23)19-17-6-4-2/h21,25H,3-20H2,1-2H3,(H,22,23). The molecule has 0 aromatic carbocycles. The smallest absolute Gasteiger partial charge is 0.316 e. The molecule has 0 aromatic heterocycles. The lowest BCUT2D eigenvalue weighted by molar-refractivity contribution is 0.163. The van der Waals surface area contributed by atoms with Crippen LogP contribution in [-0.4, -0.2) is 11.0 Å². The second-order valence-corrected chi connectivity index (χ2v) is 8.30. The fourth-order valence-corrected chi connectivity index (χ4v) is 3.94. The van der Waals surface area contributed by atoms with E-state index in [9.17, 15) is 4.57 Å². The van der Waals surface area contributed by atoms with Crippen LogP contribution in [-0.2, 0) is 9.09 Å². The maximum absolute atomic E-state index is 10.9. The summed E-state index contributed by atoms with van der Waals surface area (Å²) < 4.78 is 16.1. The highest BCUT2D eigenvalue weighted by molar-refractivity contribution is 7.32. The Bertz CT molecular complexity index is 284. The molecule has 0 amide bonds. The Morgan fingerprint density at radius 1 is 0.640 bits per heavy atom. The van der Waals surface area contributed by atoms with Gasteiger partial charge >= 0.3 is 8.25 Å². The fourth-order valence-electron chi connectivity index (χ4n) is 3.42. The molecular formula is C21H45O3P. The van der Waals surface area contributed by atoms with Crippen LogP contribution in [0.25, 0.3) is 0 Å². The largest absolute Gasteiger partial charge is 0.326 e. The van der Waals surface area contributed by atoms with E-state index in [1.54, 1.807) is 0 Å². The lowest BCUT2D eigenvalue weighted by Gasteiger charge is -2.15. The number of rotatable bonds is 20. The van der Waals surface area contributed by atoms with Crippen molar-refractivity contribution >= 4 is 8.25 Å².